The van der Waals surface area contributed by atoms with Crippen LogP contribution in [0.1, 0.15) is 43.4 Å². The molecule has 1 amide bonds. The van der Waals surface area contributed by atoms with Crippen molar-refractivity contribution in [1.29, 1.82) is 0 Å². The quantitative estimate of drug-likeness (QED) is 0.426. The fourth-order valence-electron chi connectivity index (χ4n) is 3.48. The van der Waals surface area contributed by atoms with Gasteiger partial charge in [0.15, 0.2) is 11.9 Å². The Bertz CT molecular complexity index is 1100. The van der Waals surface area contributed by atoms with Crippen LogP contribution in [0.25, 0.3) is 11.4 Å². The first-order valence-corrected chi connectivity index (χ1v) is 11.3. The van der Waals surface area contributed by atoms with Gasteiger partial charge in [-0.2, -0.15) is 0 Å². The van der Waals surface area contributed by atoms with Gasteiger partial charge in [0.25, 0.3) is 0 Å². The molecular formula is C26H27N3O5. The molecule has 0 aliphatic heterocycles. The Kier molecular flexibility index (Phi) is 7.49. The van der Waals surface area contributed by atoms with Crippen LogP contribution < -0.4 is 5.32 Å². The number of hydrogen-bond donors (Lipinski definition) is 2. The second kappa shape index (κ2) is 10.9. The van der Waals surface area contributed by atoms with E-state index in [-0.39, 0.29) is 12.7 Å². The average molecular weight is 462 g/mol. The highest BCUT2D eigenvalue weighted by atomic mass is 16.6. The molecule has 1 fully saturated rings. The summed E-state index contributed by atoms with van der Waals surface area (Å²) in [4.78, 5) is 32.2. The van der Waals surface area contributed by atoms with Crippen LogP contribution >= 0.6 is 0 Å². The number of nitrogens with zero attached hydrogens (tertiary/aromatic N) is 2. The summed E-state index contributed by atoms with van der Waals surface area (Å²) in [7, 11) is 0. The minimum absolute atomic E-state index is 0.233. The molecule has 176 valence electrons. The molecule has 0 radical (unpaired) electrons. The minimum atomic E-state index is -0.913. The summed E-state index contributed by atoms with van der Waals surface area (Å²) in [6.07, 6.45) is 4.04. The molecule has 34 heavy (non-hydrogen) atoms. The van der Waals surface area contributed by atoms with Crippen LogP contribution in [-0.2, 0) is 20.9 Å². The lowest BCUT2D eigenvalue weighted by Gasteiger charge is -2.14. The number of ether oxygens (including phenoxy) is 2. The third-order valence-electron chi connectivity index (χ3n) is 5.63. The Morgan fingerprint density at radius 2 is 1.74 bits per heavy atom. The van der Waals surface area contributed by atoms with Gasteiger partial charge in [-0.15, -0.1) is 0 Å². The fraction of sp³-hybridized carbons (Fsp3) is 0.308. The maximum absolute atomic E-state index is 12.2. The lowest BCUT2D eigenvalue weighted by molar-refractivity contribution is -0.152. The molecule has 3 aromatic rings. The first kappa shape index (κ1) is 23.4. The van der Waals surface area contributed by atoms with Crippen molar-refractivity contribution in [3.63, 3.8) is 0 Å². The van der Waals surface area contributed by atoms with Crippen LogP contribution in [0.4, 0.5) is 10.5 Å². The number of aliphatic carboxylic acids is 1. The average Bonchev–Trinajstić information content (AvgIpc) is 3.67. The molecule has 2 aromatic carbocycles. The van der Waals surface area contributed by atoms with Crippen LogP contribution in [0.3, 0.4) is 0 Å². The summed E-state index contributed by atoms with van der Waals surface area (Å²) in [6.45, 7) is 2.04. The molecule has 0 bridgehead atoms. The molecule has 2 atom stereocenters. The van der Waals surface area contributed by atoms with E-state index in [0.717, 1.165) is 29.5 Å². The van der Waals surface area contributed by atoms with Crippen molar-refractivity contribution in [3.8, 4) is 11.4 Å². The van der Waals surface area contributed by atoms with Crippen molar-refractivity contribution >= 4 is 17.7 Å². The first-order valence-electron chi connectivity index (χ1n) is 11.3. The zero-order chi connectivity index (χ0) is 23.9. The standard InChI is InChI=1S/C26H27N3O5/c1-17(20-5-3-2-4-6-20)34-26(32)29-22-14-27-24(28-15-22)21-11-9-19(10-12-21)16-33-23(25(30)31)13-18-7-8-18/h2-6,9-12,14-15,17-18,23H,7-8,13,16H2,1H3,(H,29,32)(H,30,31). The molecule has 1 heterocycles. The molecule has 8 nitrogen and oxygen atoms in total. The van der Waals surface area contributed by atoms with Crippen LogP contribution in [0.5, 0.6) is 0 Å². The van der Waals surface area contributed by atoms with Crippen molar-refractivity contribution in [3.05, 3.63) is 78.1 Å². The van der Waals surface area contributed by atoms with Crippen LogP contribution in [0.2, 0.25) is 0 Å². The third kappa shape index (κ3) is 6.62. The highest BCUT2D eigenvalue weighted by molar-refractivity contribution is 5.84. The van der Waals surface area contributed by atoms with Gasteiger partial charge in [0.05, 0.1) is 24.7 Å². The largest absolute Gasteiger partial charge is 0.479 e. The maximum Gasteiger partial charge on any atom is 0.412 e. The number of rotatable bonds is 10. The molecule has 1 saturated carbocycles. The van der Waals surface area contributed by atoms with Crippen LogP contribution in [0, 0.1) is 5.92 Å². The summed E-state index contributed by atoms with van der Waals surface area (Å²) in [5.74, 6) is 0.0671. The van der Waals surface area contributed by atoms with Crippen molar-refractivity contribution in [2.75, 3.05) is 5.32 Å². The Morgan fingerprint density at radius 3 is 2.35 bits per heavy atom. The van der Waals surface area contributed by atoms with Gasteiger partial charge in [-0.05, 0) is 30.4 Å². The summed E-state index contributed by atoms with van der Waals surface area (Å²) in [5.41, 5.74) is 3.00. The van der Waals surface area contributed by atoms with E-state index in [0.29, 0.717) is 23.9 Å². The lowest BCUT2D eigenvalue weighted by atomic mass is 10.1. The van der Waals surface area contributed by atoms with Gasteiger partial charge >= 0.3 is 12.1 Å². The predicted molar refractivity (Wildman–Crippen MR) is 126 cm³/mol. The van der Waals surface area contributed by atoms with Crippen molar-refractivity contribution in [2.24, 2.45) is 5.92 Å². The van der Waals surface area contributed by atoms with Crippen molar-refractivity contribution < 1.29 is 24.2 Å². The second-order valence-electron chi connectivity index (χ2n) is 8.39. The van der Waals surface area contributed by atoms with E-state index in [2.05, 4.69) is 15.3 Å². The van der Waals surface area contributed by atoms with E-state index in [1.807, 2.05) is 54.6 Å². The molecule has 8 heteroatoms. The highest BCUT2D eigenvalue weighted by Crippen LogP contribution is 2.34. The third-order valence-corrected chi connectivity index (χ3v) is 5.63. The Morgan fingerprint density at radius 1 is 1.06 bits per heavy atom. The number of amides is 1. The Labute approximate surface area is 198 Å². The number of nitrogens with one attached hydrogen (secondary N) is 1. The van der Waals surface area contributed by atoms with Gasteiger partial charge in [-0.3, -0.25) is 5.32 Å². The number of hydrogen-bond acceptors (Lipinski definition) is 6. The van der Waals surface area contributed by atoms with E-state index in [9.17, 15) is 14.7 Å². The topological polar surface area (TPSA) is 111 Å². The number of carbonyl (C=O) groups excluding carboxylic acids is 1. The van der Waals surface area contributed by atoms with Gasteiger partial charge in [0.2, 0.25) is 0 Å². The number of carbonyl (C=O) groups is 2. The lowest BCUT2D eigenvalue weighted by Crippen LogP contribution is -2.24. The Hall–Kier alpha value is -3.78. The molecule has 2 unspecified atom stereocenters. The molecule has 2 N–H and O–H groups in total. The highest BCUT2D eigenvalue weighted by Gasteiger charge is 2.29. The SMILES string of the molecule is CC(OC(=O)Nc1cnc(-c2ccc(COC(CC3CC3)C(=O)O)cc2)nc1)c1ccccc1. The zero-order valence-corrected chi connectivity index (χ0v) is 18.9. The molecule has 4 rings (SSSR count). The number of aromatic nitrogens is 2. The predicted octanol–water partition coefficient (Wildman–Crippen LogP) is 5.22. The molecule has 1 aromatic heterocycles. The van der Waals surface area contributed by atoms with E-state index >= 15 is 0 Å². The van der Waals surface area contributed by atoms with Gasteiger partial charge in [-0.1, -0.05) is 67.4 Å². The second-order valence-corrected chi connectivity index (χ2v) is 8.39. The molecule has 0 spiro atoms. The Balaban J connectivity index is 1.29. The molecule has 1 aliphatic carbocycles. The molecule has 1 aliphatic rings. The van der Waals surface area contributed by atoms with E-state index < -0.39 is 18.2 Å². The minimum Gasteiger partial charge on any atom is -0.479 e. The zero-order valence-electron chi connectivity index (χ0n) is 18.9. The van der Waals surface area contributed by atoms with Crippen molar-refractivity contribution in [1.82, 2.24) is 9.97 Å². The van der Waals surface area contributed by atoms with Crippen molar-refractivity contribution in [2.45, 2.75) is 45.0 Å². The normalized spacial score (nSPS) is 14.7. The molecule has 0 saturated heterocycles. The summed E-state index contributed by atoms with van der Waals surface area (Å²) >= 11 is 0. The number of benzene rings is 2. The summed E-state index contributed by atoms with van der Waals surface area (Å²) < 4.78 is 11.0. The van der Waals surface area contributed by atoms with Gasteiger partial charge in [0, 0.05) is 5.56 Å². The molecular weight excluding hydrogens is 434 g/mol. The number of carboxylic acids is 1. The van der Waals surface area contributed by atoms with Crippen LogP contribution in [0.15, 0.2) is 67.0 Å². The van der Waals surface area contributed by atoms with E-state index in [4.69, 9.17) is 9.47 Å². The first-order chi connectivity index (χ1) is 16.5. The summed E-state index contributed by atoms with van der Waals surface area (Å²) in [6, 6.07) is 16.9. The number of anilines is 1. The van der Waals surface area contributed by atoms with E-state index in [1.165, 1.54) is 12.4 Å². The van der Waals surface area contributed by atoms with Gasteiger partial charge in [-0.25, -0.2) is 19.6 Å². The fourth-order valence-corrected chi connectivity index (χ4v) is 3.48. The smallest absolute Gasteiger partial charge is 0.412 e. The number of carboxylic acid groups (broad SMARTS) is 1. The summed E-state index contributed by atoms with van der Waals surface area (Å²) in [5, 5.41) is 12.0. The van der Waals surface area contributed by atoms with E-state index in [1.54, 1.807) is 6.92 Å². The monoisotopic (exact) mass is 461 g/mol. The van der Waals surface area contributed by atoms with Gasteiger partial charge < -0.3 is 14.6 Å². The maximum atomic E-state index is 12.2. The van der Waals surface area contributed by atoms with Gasteiger partial charge in [0.1, 0.15) is 6.10 Å². The van der Waals surface area contributed by atoms with Crippen LogP contribution in [-0.4, -0.2) is 33.2 Å².